The second-order valence-corrected chi connectivity index (χ2v) is 6.73. The van der Waals surface area contributed by atoms with Crippen molar-refractivity contribution in [3.05, 3.63) is 23.8 Å². The number of nitrogens with one attached hydrogen (secondary N) is 1. The van der Waals surface area contributed by atoms with E-state index in [0.29, 0.717) is 23.5 Å². The predicted octanol–water partition coefficient (Wildman–Crippen LogP) is 1.30. The molecule has 1 aliphatic heterocycles. The van der Waals surface area contributed by atoms with E-state index in [1.54, 1.807) is 6.07 Å². The van der Waals surface area contributed by atoms with Crippen molar-refractivity contribution in [2.45, 2.75) is 36.5 Å². The summed E-state index contributed by atoms with van der Waals surface area (Å²) in [7, 11) is -3.26. The minimum atomic E-state index is -3.26. The van der Waals surface area contributed by atoms with Crippen LogP contribution in [0.5, 0.6) is 0 Å². The van der Waals surface area contributed by atoms with Crippen molar-refractivity contribution in [2.75, 3.05) is 11.9 Å². The zero-order valence-corrected chi connectivity index (χ0v) is 10.9. The summed E-state index contributed by atoms with van der Waals surface area (Å²) in [5, 5.41) is 2.81. The first-order valence-electron chi connectivity index (χ1n) is 5.78. The van der Waals surface area contributed by atoms with Crippen LogP contribution in [0.4, 0.5) is 5.69 Å². The second kappa shape index (κ2) is 4.31. The summed E-state index contributed by atoms with van der Waals surface area (Å²) in [6, 6.07) is 5.38. The molecule has 0 bridgehead atoms. The zero-order valence-electron chi connectivity index (χ0n) is 10.1. The van der Waals surface area contributed by atoms with Gasteiger partial charge in [-0.05, 0) is 44.5 Å². The first kappa shape index (κ1) is 12.4. The summed E-state index contributed by atoms with van der Waals surface area (Å²) < 4.78 is 24.9. The molecule has 5 heteroatoms. The number of anilines is 1. The fourth-order valence-corrected chi connectivity index (χ4v) is 4.49. The molecular formula is C12H18N2O2S. The van der Waals surface area contributed by atoms with Crippen molar-refractivity contribution >= 4 is 15.5 Å². The monoisotopic (exact) mass is 254 g/mol. The lowest BCUT2D eigenvalue weighted by molar-refractivity contribution is 0.548. The van der Waals surface area contributed by atoms with E-state index in [9.17, 15) is 8.42 Å². The lowest BCUT2D eigenvalue weighted by Gasteiger charge is -2.32. The molecule has 2 unspecified atom stereocenters. The number of rotatable bonds is 2. The fourth-order valence-electron chi connectivity index (χ4n) is 2.32. The van der Waals surface area contributed by atoms with Crippen molar-refractivity contribution < 1.29 is 8.42 Å². The third kappa shape index (κ3) is 2.05. The molecule has 2 rings (SSSR count). The SMILES string of the molecule is Cc1ccc2c(c1)S(=O)(=O)C(CCN)C(C)N2. The van der Waals surface area contributed by atoms with Gasteiger partial charge < -0.3 is 11.1 Å². The molecule has 0 fully saturated rings. The Morgan fingerprint density at radius 2 is 2.12 bits per heavy atom. The molecule has 1 aromatic carbocycles. The average Bonchev–Trinajstić information content (AvgIpc) is 2.26. The smallest absolute Gasteiger partial charge is 0.185 e. The van der Waals surface area contributed by atoms with Crippen LogP contribution in [0.3, 0.4) is 0 Å². The van der Waals surface area contributed by atoms with Gasteiger partial charge in [0.25, 0.3) is 0 Å². The Labute approximate surface area is 102 Å². The Balaban J connectivity index is 2.55. The largest absolute Gasteiger partial charge is 0.380 e. The summed E-state index contributed by atoms with van der Waals surface area (Å²) >= 11 is 0. The highest BCUT2D eigenvalue weighted by Gasteiger charge is 2.37. The molecule has 0 aliphatic carbocycles. The third-order valence-electron chi connectivity index (χ3n) is 3.23. The Hall–Kier alpha value is -1.07. The lowest BCUT2D eigenvalue weighted by Crippen LogP contribution is -2.43. The molecule has 0 aromatic heterocycles. The molecule has 94 valence electrons. The van der Waals surface area contributed by atoms with E-state index in [2.05, 4.69) is 5.32 Å². The van der Waals surface area contributed by atoms with E-state index in [1.807, 2.05) is 26.0 Å². The van der Waals surface area contributed by atoms with E-state index in [0.717, 1.165) is 5.56 Å². The molecule has 17 heavy (non-hydrogen) atoms. The fraction of sp³-hybridized carbons (Fsp3) is 0.500. The highest BCUT2D eigenvalue weighted by Crippen LogP contribution is 2.34. The molecule has 0 saturated heterocycles. The molecule has 0 radical (unpaired) electrons. The molecule has 1 aromatic rings. The van der Waals surface area contributed by atoms with Gasteiger partial charge in [0, 0.05) is 6.04 Å². The van der Waals surface area contributed by atoms with Gasteiger partial charge in [-0.3, -0.25) is 0 Å². The van der Waals surface area contributed by atoms with Gasteiger partial charge in [-0.2, -0.15) is 0 Å². The van der Waals surface area contributed by atoms with Crippen molar-refractivity contribution in [3.63, 3.8) is 0 Å². The van der Waals surface area contributed by atoms with Crippen LogP contribution >= 0.6 is 0 Å². The van der Waals surface area contributed by atoms with Gasteiger partial charge in [-0.1, -0.05) is 6.07 Å². The molecule has 1 heterocycles. The zero-order chi connectivity index (χ0) is 12.6. The molecule has 3 N–H and O–H groups in total. The Bertz CT molecular complexity index is 525. The van der Waals surface area contributed by atoms with Gasteiger partial charge in [0.05, 0.1) is 15.8 Å². The number of fused-ring (bicyclic) bond motifs is 1. The van der Waals surface area contributed by atoms with E-state index in [1.165, 1.54) is 0 Å². The minimum Gasteiger partial charge on any atom is -0.380 e. The summed E-state index contributed by atoms with van der Waals surface area (Å²) in [6.45, 7) is 4.17. The van der Waals surface area contributed by atoms with Crippen LogP contribution in [0.2, 0.25) is 0 Å². The number of hydrogen-bond donors (Lipinski definition) is 2. The summed E-state index contributed by atoms with van der Waals surface area (Å²) in [5.74, 6) is 0. The Morgan fingerprint density at radius 3 is 2.76 bits per heavy atom. The maximum Gasteiger partial charge on any atom is 0.185 e. The first-order chi connectivity index (χ1) is 7.96. The minimum absolute atomic E-state index is 0.0984. The van der Waals surface area contributed by atoms with E-state index < -0.39 is 15.1 Å². The number of hydrogen-bond acceptors (Lipinski definition) is 4. The van der Waals surface area contributed by atoms with Crippen LogP contribution in [0.15, 0.2) is 23.1 Å². The Kier molecular flexibility index (Phi) is 3.14. The standard InChI is InChI=1S/C12H18N2O2S/c1-8-3-4-10-12(7-8)17(15,16)11(5-6-13)9(2)14-10/h3-4,7,9,11,14H,5-6,13H2,1-2H3. The van der Waals surface area contributed by atoms with Crippen LogP contribution in [0.25, 0.3) is 0 Å². The molecule has 4 nitrogen and oxygen atoms in total. The van der Waals surface area contributed by atoms with Gasteiger partial charge in [-0.25, -0.2) is 8.42 Å². The van der Waals surface area contributed by atoms with E-state index in [4.69, 9.17) is 5.73 Å². The van der Waals surface area contributed by atoms with Gasteiger partial charge in [0.2, 0.25) is 0 Å². The lowest BCUT2D eigenvalue weighted by atomic mass is 10.1. The summed E-state index contributed by atoms with van der Waals surface area (Å²) in [4.78, 5) is 0.411. The van der Waals surface area contributed by atoms with Gasteiger partial charge >= 0.3 is 0 Å². The topological polar surface area (TPSA) is 72.2 Å². The van der Waals surface area contributed by atoms with Crippen LogP contribution in [0, 0.1) is 6.92 Å². The quantitative estimate of drug-likeness (QED) is 0.834. The third-order valence-corrected chi connectivity index (χ3v) is 5.63. The van der Waals surface area contributed by atoms with E-state index >= 15 is 0 Å². The number of sulfone groups is 1. The molecular weight excluding hydrogens is 236 g/mol. The molecule has 0 spiro atoms. The van der Waals surface area contributed by atoms with Crippen molar-refractivity contribution in [2.24, 2.45) is 5.73 Å². The second-order valence-electron chi connectivity index (χ2n) is 4.59. The van der Waals surface area contributed by atoms with Gasteiger partial charge in [-0.15, -0.1) is 0 Å². The van der Waals surface area contributed by atoms with Gasteiger partial charge in [0.1, 0.15) is 0 Å². The summed E-state index contributed by atoms with van der Waals surface area (Å²) in [6.07, 6.45) is 0.490. The highest BCUT2D eigenvalue weighted by atomic mass is 32.2. The Morgan fingerprint density at radius 1 is 1.41 bits per heavy atom. The van der Waals surface area contributed by atoms with Crippen molar-refractivity contribution in [1.82, 2.24) is 0 Å². The first-order valence-corrected chi connectivity index (χ1v) is 7.32. The van der Waals surface area contributed by atoms with Crippen molar-refractivity contribution in [3.8, 4) is 0 Å². The number of benzene rings is 1. The average molecular weight is 254 g/mol. The number of nitrogens with two attached hydrogens (primary N) is 1. The van der Waals surface area contributed by atoms with Crippen LogP contribution < -0.4 is 11.1 Å². The van der Waals surface area contributed by atoms with Crippen LogP contribution in [-0.2, 0) is 9.84 Å². The van der Waals surface area contributed by atoms with Crippen molar-refractivity contribution in [1.29, 1.82) is 0 Å². The number of aryl methyl sites for hydroxylation is 1. The summed E-state index contributed by atoms with van der Waals surface area (Å²) in [5.41, 5.74) is 7.16. The van der Waals surface area contributed by atoms with Gasteiger partial charge in [0.15, 0.2) is 9.84 Å². The maximum absolute atomic E-state index is 12.5. The normalized spacial score (nSPS) is 26.1. The molecule has 0 saturated carbocycles. The predicted molar refractivity (Wildman–Crippen MR) is 68.9 cm³/mol. The van der Waals surface area contributed by atoms with Crippen LogP contribution in [0.1, 0.15) is 18.9 Å². The molecule has 1 aliphatic rings. The molecule has 2 atom stereocenters. The maximum atomic E-state index is 12.5. The van der Waals surface area contributed by atoms with Crippen LogP contribution in [-0.4, -0.2) is 26.3 Å². The van der Waals surface area contributed by atoms with E-state index in [-0.39, 0.29) is 6.04 Å². The molecule has 0 amide bonds. The highest BCUT2D eigenvalue weighted by molar-refractivity contribution is 7.92.